The van der Waals surface area contributed by atoms with E-state index in [9.17, 15) is 18.0 Å². The molecule has 0 aliphatic carbocycles. The molecule has 1 fully saturated rings. The standard InChI is InChI=1S/C18H19F3N4O/c19-18(20,21)12-5-6-16(23-11-12)25-9-7-13(8-10-25)24-17(26)14-3-1-2-4-15(14)22/h1-6,11,13H,7-10,22H2,(H,24,26). The van der Waals surface area contributed by atoms with Crippen LogP contribution in [0.5, 0.6) is 0 Å². The topological polar surface area (TPSA) is 71.2 Å². The van der Waals surface area contributed by atoms with E-state index in [1.807, 2.05) is 4.90 Å². The fraction of sp³-hybridized carbons (Fsp3) is 0.333. The van der Waals surface area contributed by atoms with Crippen LogP contribution in [0.15, 0.2) is 42.6 Å². The van der Waals surface area contributed by atoms with Gasteiger partial charge in [0.1, 0.15) is 5.82 Å². The molecule has 3 rings (SSSR count). The summed E-state index contributed by atoms with van der Waals surface area (Å²) in [5.74, 6) is 0.296. The second-order valence-electron chi connectivity index (χ2n) is 6.22. The summed E-state index contributed by atoms with van der Waals surface area (Å²) in [6, 6.07) is 9.28. The minimum Gasteiger partial charge on any atom is -0.398 e. The number of hydrogen-bond donors (Lipinski definition) is 2. The maximum Gasteiger partial charge on any atom is 0.417 e. The maximum atomic E-state index is 12.6. The Morgan fingerprint density at radius 2 is 1.85 bits per heavy atom. The Kier molecular flexibility index (Phi) is 5.01. The van der Waals surface area contributed by atoms with Crippen molar-refractivity contribution < 1.29 is 18.0 Å². The molecular formula is C18H19F3N4O. The van der Waals surface area contributed by atoms with Gasteiger partial charge in [0.25, 0.3) is 5.91 Å². The summed E-state index contributed by atoms with van der Waals surface area (Å²) in [6.07, 6.45) is -2.17. The summed E-state index contributed by atoms with van der Waals surface area (Å²) < 4.78 is 37.8. The number of para-hydroxylation sites is 1. The summed E-state index contributed by atoms with van der Waals surface area (Å²) >= 11 is 0. The van der Waals surface area contributed by atoms with Crippen molar-refractivity contribution in [2.75, 3.05) is 23.7 Å². The van der Waals surface area contributed by atoms with E-state index >= 15 is 0 Å². The molecule has 1 saturated heterocycles. The maximum absolute atomic E-state index is 12.6. The van der Waals surface area contributed by atoms with Gasteiger partial charge in [-0.15, -0.1) is 0 Å². The molecule has 2 heterocycles. The number of nitrogens with two attached hydrogens (primary N) is 1. The summed E-state index contributed by atoms with van der Waals surface area (Å²) in [5, 5.41) is 2.96. The Bertz CT molecular complexity index is 769. The lowest BCUT2D eigenvalue weighted by Gasteiger charge is -2.33. The Hall–Kier alpha value is -2.77. The number of nitrogen functional groups attached to an aromatic ring is 1. The second kappa shape index (κ2) is 7.23. The zero-order valence-corrected chi connectivity index (χ0v) is 14.0. The lowest BCUT2D eigenvalue weighted by Crippen LogP contribution is -2.45. The Morgan fingerprint density at radius 1 is 1.15 bits per heavy atom. The monoisotopic (exact) mass is 364 g/mol. The van der Waals surface area contributed by atoms with Crippen LogP contribution < -0.4 is 16.0 Å². The average molecular weight is 364 g/mol. The molecule has 2 aromatic rings. The molecule has 1 aromatic heterocycles. The van der Waals surface area contributed by atoms with E-state index in [0.717, 1.165) is 12.3 Å². The smallest absolute Gasteiger partial charge is 0.398 e. The van der Waals surface area contributed by atoms with E-state index < -0.39 is 11.7 Å². The zero-order valence-electron chi connectivity index (χ0n) is 14.0. The molecule has 1 aliphatic rings. The molecule has 1 amide bonds. The van der Waals surface area contributed by atoms with Crippen LogP contribution in [-0.4, -0.2) is 30.0 Å². The fourth-order valence-electron chi connectivity index (χ4n) is 2.96. The highest BCUT2D eigenvalue weighted by Crippen LogP contribution is 2.29. The normalized spacial score (nSPS) is 15.7. The van der Waals surface area contributed by atoms with Gasteiger partial charge in [-0.05, 0) is 37.1 Å². The Balaban J connectivity index is 1.56. The van der Waals surface area contributed by atoms with Crippen molar-refractivity contribution in [3.8, 4) is 0 Å². The zero-order chi connectivity index (χ0) is 18.7. The van der Waals surface area contributed by atoms with E-state index in [1.54, 1.807) is 24.3 Å². The number of carbonyl (C=O) groups is 1. The number of piperidine rings is 1. The number of halogens is 3. The third-order valence-electron chi connectivity index (χ3n) is 4.43. The predicted molar refractivity (Wildman–Crippen MR) is 92.8 cm³/mol. The Morgan fingerprint density at radius 3 is 2.42 bits per heavy atom. The van der Waals surface area contributed by atoms with E-state index in [1.165, 1.54) is 6.07 Å². The van der Waals surface area contributed by atoms with Gasteiger partial charge in [-0.3, -0.25) is 4.79 Å². The molecule has 5 nitrogen and oxygen atoms in total. The quantitative estimate of drug-likeness (QED) is 0.821. The minimum absolute atomic E-state index is 0.00666. The van der Waals surface area contributed by atoms with Crippen LogP contribution in [0, 0.1) is 0 Å². The number of rotatable bonds is 3. The molecule has 1 aliphatic heterocycles. The molecule has 3 N–H and O–H groups in total. The first-order chi connectivity index (χ1) is 12.3. The van der Waals surface area contributed by atoms with E-state index in [0.29, 0.717) is 43.0 Å². The van der Waals surface area contributed by atoms with Gasteiger partial charge in [-0.2, -0.15) is 13.2 Å². The molecule has 0 saturated carbocycles. The lowest BCUT2D eigenvalue weighted by atomic mass is 10.0. The first-order valence-corrected chi connectivity index (χ1v) is 8.28. The average Bonchev–Trinajstić information content (AvgIpc) is 2.62. The predicted octanol–water partition coefficient (Wildman–Crippen LogP) is 3.08. The molecule has 0 atom stereocenters. The molecular weight excluding hydrogens is 345 g/mol. The summed E-state index contributed by atoms with van der Waals surface area (Å²) in [7, 11) is 0. The SMILES string of the molecule is Nc1ccccc1C(=O)NC1CCN(c2ccc(C(F)(F)F)cn2)CC1. The molecule has 0 spiro atoms. The van der Waals surface area contributed by atoms with Gasteiger partial charge in [-0.1, -0.05) is 12.1 Å². The van der Waals surface area contributed by atoms with Crippen LogP contribution in [0.2, 0.25) is 0 Å². The molecule has 0 radical (unpaired) electrons. The Labute approximate surface area is 149 Å². The van der Waals surface area contributed by atoms with Crippen LogP contribution in [0.4, 0.5) is 24.7 Å². The van der Waals surface area contributed by atoms with Gasteiger partial charge in [0, 0.05) is 31.0 Å². The number of anilines is 2. The van der Waals surface area contributed by atoms with Crippen molar-refractivity contribution in [1.82, 2.24) is 10.3 Å². The van der Waals surface area contributed by atoms with Gasteiger partial charge >= 0.3 is 6.18 Å². The summed E-state index contributed by atoms with van der Waals surface area (Å²) in [5.41, 5.74) is 5.92. The summed E-state index contributed by atoms with van der Waals surface area (Å²) in [4.78, 5) is 18.1. The fourth-order valence-corrected chi connectivity index (χ4v) is 2.96. The highest BCUT2D eigenvalue weighted by atomic mass is 19.4. The first kappa shape index (κ1) is 18.0. The highest BCUT2D eigenvalue weighted by molar-refractivity contribution is 5.99. The largest absolute Gasteiger partial charge is 0.417 e. The van der Waals surface area contributed by atoms with E-state index in [-0.39, 0.29) is 11.9 Å². The number of nitrogens with zero attached hydrogens (tertiary/aromatic N) is 2. The number of benzene rings is 1. The van der Waals surface area contributed by atoms with Gasteiger partial charge < -0.3 is 16.0 Å². The van der Waals surface area contributed by atoms with Gasteiger partial charge in [0.2, 0.25) is 0 Å². The number of amides is 1. The number of pyridine rings is 1. The van der Waals surface area contributed by atoms with Crippen molar-refractivity contribution in [3.63, 3.8) is 0 Å². The molecule has 0 unspecified atom stereocenters. The molecule has 0 bridgehead atoms. The molecule has 26 heavy (non-hydrogen) atoms. The minimum atomic E-state index is -4.39. The van der Waals surface area contributed by atoms with Crippen molar-refractivity contribution in [2.45, 2.75) is 25.1 Å². The number of alkyl halides is 3. The van der Waals surface area contributed by atoms with Crippen LogP contribution in [0.3, 0.4) is 0 Å². The summed E-state index contributed by atoms with van der Waals surface area (Å²) in [6.45, 7) is 1.21. The lowest BCUT2D eigenvalue weighted by molar-refractivity contribution is -0.137. The second-order valence-corrected chi connectivity index (χ2v) is 6.22. The highest BCUT2D eigenvalue weighted by Gasteiger charge is 2.31. The van der Waals surface area contributed by atoms with Gasteiger partial charge in [-0.25, -0.2) is 4.98 Å². The molecule has 8 heteroatoms. The first-order valence-electron chi connectivity index (χ1n) is 8.28. The third kappa shape index (κ3) is 4.07. The van der Waals surface area contributed by atoms with Crippen molar-refractivity contribution in [2.24, 2.45) is 0 Å². The van der Waals surface area contributed by atoms with Crippen molar-refractivity contribution in [1.29, 1.82) is 0 Å². The van der Waals surface area contributed by atoms with Crippen LogP contribution in [0.25, 0.3) is 0 Å². The third-order valence-corrected chi connectivity index (χ3v) is 4.43. The van der Waals surface area contributed by atoms with Crippen LogP contribution >= 0.6 is 0 Å². The van der Waals surface area contributed by atoms with E-state index in [4.69, 9.17) is 5.73 Å². The number of carbonyl (C=O) groups excluding carboxylic acids is 1. The van der Waals surface area contributed by atoms with Crippen molar-refractivity contribution in [3.05, 3.63) is 53.7 Å². The van der Waals surface area contributed by atoms with Gasteiger partial charge in [0.15, 0.2) is 0 Å². The van der Waals surface area contributed by atoms with Crippen LogP contribution in [-0.2, 0) is 6.18 Å². The van der Waals surface area contributed by atoms with E-state index in [2.05, 4.69) is 10.3 Å². The van der Waals surface area contributed by atoms with Gasteiger partial charge in [0.05, 0.1) is 11.1 Å². The molecule has 138 valence electrons. The number of aromatic nitrogens is 1. The number of hydrogen-bond acceptors (Lipinski definition) is 4. The number of nitrogens with one attached hydrogen (secondary N) is 1. The van der Waals surface area contributed by atoms with Crippen LogP contribution in [0.1, 0.15) is 28.8 Å². The molecule has 1 aromatic carbocycles. The van der Waals surface area contributed by atoms with Crippen molar-refractivity contribution >= 4 is 17.4 Å².